The molecule has 0 radical (unpaired) electrons. The minimum absolute atomic E-state index is 0.0117. The van der Waals surface area contributed by atoms with Crippen LogP contribution >= 0.6 is 0 Å². The second-order valence-corrected chi connectivity index (χ2v) is 9.82. The molecule has 0 N–H and O–H groups in total. The van der Waals surface area contributed by atoms with Crippen LogP contribution in [0.1, 0.15) is 52.9 Å². The van der Waals surface area contributed by atoms with Crippen LogP contribution in [0.2, 0.25) is 0 Å². The fourth-order valence-corrected chi connectivity index (χ4v) is 5.88. The first-order chi connectivity index (χ1) is 17.2. The van der Waals surface area contributed by atoms with Crippen molar-refractivity contribution in [2.24, 2.45) is 0 Å². The highest BCUT2D eigenvalue weighted by Gasteiger charge is 2.30. The Morgan fingerprint density at radius 1 is 1.03 bits per heavy atom. The summed E-state index contributed by atoms with van der Waals surface area (Å²) >= 11 is 0. The molecule has 2 aromatic heterocycles. The molecule has 1 amide bonds. The van der Waals surface area contributed by atoms with Crippen LogP contribution in [0.3, 0.4) is 0 Å². The van der Waals surface area contributed by atoms with Gasteiger partial charge in [-0.15, -0.1) is 0 Å². The Morgan fingerprint density at radius 3 is 2.60 bits per heavy atom. The van der Waals surface area contributed by atoms with E-state index >= 15 is 0 Å². The quantitative estimate of drug-likeness (QED) is 0.567. The number of fused-ring (bicyclic) bond motifs is 3. The number of piperazine rings is 1. The van der Waals surface area contributed by atoms with Gasteiger partial charge in [0.1, 0.15) is 0 Å². The number of carbonyl (C=O) groups excluding carboxylic acids is 1. The number of hydrogen-bond acceptors (Lipinski definition) is 6. The summed E-state index contributed by atoms with van der Waals surface area (Å²) in [4.78, 5) is 27.6. The zero-order valence-corrected chi connectivity index (χ0v) is 20.3. The molecule has 3 aliphatic rings. The molecule has 3 heterocycles. The topological polar surface area (TPSA) is 76.4 Å². The van der Waals surface area contributed by atoms with Crippen molar-refractivity contribution >= 4 is 5.91 Å². The molecule has 3 aromatic rings. The summed E-state index contributed by atoms with van der Waals surface area (Å²) in [6.45, 7) is 3.65. The SMILES string of the molecule is COCc1c(C(=O)N2CCN(C3CCCC3)CC2)cnn1-c1ncc2c(n1)-c1ccccc1CC2. The van der Waals surface area contributed by atoms with Gasteiger partial charge in [-0.05, 0) is 36.8 Å². The van der Waals surface area contributed by atoms with E-state index in [1.807, 2.05) is 17.2 Å². The molecule has 1 aliphatic heterocycles. The Kier molecular flexibility index (Phi) is 6.08. The zero-order valence-electron chi connectivity index (χ0n) is 20.3. The number of carbonyl (C=O) groups is 1. The maximum absolute atomic E-state index is 13.5. The van der Waals surface area contributed by atoms with Crippen LogP contribution in [0.15, 0.2) is 36.7 Å². The minimum Gasteiger partial charge on any atom is -0.378 e. The molecule has 8 nitrogen and oxygen atoms in total. The van der Waals surface area contributed by atoms with Gasteiger partial charge in [0, 0.05) is 51.1 Å². The number of amides is 1. The molecule has 2 aliphatic carbocycles. The zero-order chi connectivity index (χ0) is 23.8. The summed E-state index contributed by atoms with van der Waals surface area (Å²) in [5.41, 5.74) is 5.81. The van der Waals surface area contributed by atoms with Gasteiger partial charge in [-0.3, -0.25) is 9.69 Å². The molecule has 1 saturated heterocycles. The number of hydrogen-bond donors (Lipinski definition) is 0. The summed E-state index contributed by atoms with van der Waals surface area (Å²) < 4.78 is 7.15. The van der Waals surface area contributed by atoms with E-state index in [1.54, 1.807) is 18.0 Å². The van der Waals surface area contributed by atoms with Gasteiger partial charge < -0.3 is 9.64 Å². The van der Waals surface area contributed by atoms with Crippen molar-refractivity contribution in [1.82, 2.24) is 29.5 Å². The fraction of sp³-hybridized carbons (Fsp3) is 0.481. The van der Waals surface area contributed by atoms with E-state index in [9.17, 15) is 4.79 Å². The number of nitrogens with zero attached hydrogens (tertiary/aromatic N) is 6. The van der Waals surface area contributed by atoms with Gasteiger partial charge in [-0.1, -0.05) is 37.1 Å². The van der Waals surface area contributed by atoms with Gasteiger partial charge in [-0.2, -0.15) is 9.78 Å². The van der Waals surface area contributed by atoms with Crippen molar-refractivity contribution in [2.75, 3.05) is 33.3 Å². The van der Waals surface area contributed by atoms with Crippen LogP contribution < -0.4 is 0 Å². The van der Waals surface area contributed by atoms with E-state index in [-0.39, 0.29) is 12.5 Å². The first-order valence-electron chi connectivity index (χ1n) is 12.8. The first-order valence-corrected chi connectivity index (χ1v) is 12.8. The van der Waals surface area contributed by atoms with Crippen molar-refractivity contribution in [2.45, 2.75) is 51.2 Å². The van der Waals surface area contributed by atoms with Gasteiger partial charge in [0.2, 0.25) is 0 Å². The lowest BCUT2D eigenvalue weighted by Gasteiger charge is -2.38. The molecule has 6 rings (SSSR count). The largest absolute Gasteiger partial charge is 0.378 e. The summed E-state index contributed by atoms with van der Waals surface area (Å²) in [6, 6.07) is 9.09. The third-order valence-electron chi connectivity index (χ3n) is 7.80. The van der Waals surface area contributed by atoms with E-state index in [0.717, 1.165) is 55.8 Å². The highest BCUT2D eigenvalue weighted by molar-refractivity contribution is 5.95. The van der Waals surface area contributed by atoms with Crippen LogP contribution in [0.4, 0.5) is 0 Å². The van der Waals surface area contributed by atoms with E-state index in [1.165, 1.54) is 31.2 Å². The predicted molar refractivity (Wildman–Crippen MR) is 132 cm³/mol. The summed E-state index contributed by atoms with van der Waals surface area (Å²) in [5.74, 6) is 0.482. The van der Waals surface area contributed by atoms with Crippen molar-refractivity contribution in [3.05, 3.63) is 59.0 Å². The maximum Gasteiger partial charge on any atom is 0.257 e. The normalized spacial score (nSPS) is 18.5. The lowest BCUT2D eigenvalue weighted by Crippen LogP contribution is -2.51. The van der Waals surface area contributed by atoms with Crippen LogP contribution in [0, 0.1) is 0 Å². The summed E-state index contributed by atoms with van der Waals surface area (Å²) in [6.07, 6.45) is 10.7. The van der Waals surface area contributed by atoms with Gasteiger partial charge in [0.25, 0.3) is 11.9 Å². The first kappa shape index (κ1) is 22.4. The fourth-order valence-electron chi connectivity index (χ4n) is 5.88. The molecule has 0 spiro atoms. The highest BCUT2D eigenvalue weighted by atomic mass is 16.5. The van der Waals surface area contributed by atoms with Crippen molar-refractivity contribution in [1.29, 1.82) is 0 Å². The van der Waals surface area contributed by atoms with Crippen LogP contribution in [-0.4, -0.2) is 74.8 Å². The minimum atomic E-state index is 0.0117. The molecule has 0 bridgehead atoms. The molecule has 1 saturated carbocycles. The molecule has 0 atom stereocenters. The van der Waals surface area contributed by atoms with Crippen molar-refractivity contribution < 1.29 is 9.53 Å². The molecule has 2 fully saturated rings. The monoisotopic (exact) mass is 472 g/mol. The lowest BCUT2D eigenvalue weighted by atomic mass is 9.90. The second kappa shape index (κ2) is 9.51. The molecule has 1 aromatic carbocycles. The Bertz CT molecular complexity index is 1220. The smallest absolute Gasteiger partial charge is 0.257 e. The number of aryl methyl sites for hydroxylation is 2. The van der Waals surface area contributed by atoms with Gasteiger partial charge in [-0.25, -0.2) is 9.97 Å². The summed E-state index contributed by atoms with van der Waals surface area (Å²) in [5, 5.41) is 4.56. The highest BCUT2D eigenvalue weighted by Crippen LogP contribution is 2.32. The molecular formula is C27H32N6O2. The number of aromatic nitrogens is 4. The van der Waals surface area contributed by atoms with E-state index in [4.69, 9.17) is 9.72 Å². The Balaban J connectivity index is 1.27. The third kappa shape index (κ3) is 4.15. The number of methoxy groups -OCH3 is 1. The Morgan fingerprint density at radius 2 is 1.80 bits per heavy atom. The third-order valence-corrected chi connectivity index (χ3v) is 7.80. The van der Waals surface area contributed by atoms with E-state index < -0.39 is 0 Å². The Hall–Kier alpha value is -3.10. The Labute approximate surface area is 205 Å². The molecule has 182 valence electrons. The van der Waals surface area contributed by atoms with Crippen molar-refractivity contribution in [3.63, 3.8) is 0 Å². The average molecular weight is 473 g/mol. The molecule has 0 unspecified atom stereocenters. The van der Waals surface area contributed by atoms with Gasteiger partial charge >= 0.3 is 0 Å². The van der Waals surface area contributed by atoms with Crippen molar-refractivity contribution in [3.8, 4) is 17.2 Å². The molecule has 8 heteroatoms. The molecule has 35 heavy (non-hydrogen) atoms. The van der Waals surface area contributed by atoms with E-state index in [0.29, 0.717) is 23.2 Å². The van der Waals surface area contributed by atoms with E-state index in [2.05, 4.69) is 33.2 Å². The standard InChI is InChI=1S/C27H32N6O2/c1-35-18-24-23(26(34)32-14-12-31(13-15-32)21-7-3-4-8-21)17-29-33(24)27-28-16-20-11-10-19-6-2-5-9-22(19)25(20)30-27/h2,5-6,9,16-17,21H,3-4,7-8,10-15,18H2,1H3. The average Bonchev–Trinajstić information content (AvgIpc) is 3.59. The summed E-state index contributed by atoms with van der Waals surface area (Å²) in [7, 11) is 1.63. The second-order valence-electron chi connectivity index (χ2n) is 9.82. The predicted octanol–water partition coefficient (Wildman–Crippen LogP) is 3.27. The van der Waals surface area contributed by atoms with Crippen LogP contribution in [-0.2, 0) is 24.2 Å². The van der Waals surface area contributed by atoms with Crippen LogP contribution in [0.25, 0.3) is 17.2 Å². The van der Waals surface area contributed by atoms with Gasteiger partial charge in [0.15, 0.2) is 0 Å². The number of benzene rings is 1. The van der Waals surface area contributed by atoms with Crippen LogP contribution in [0.5, 0.6) is 0 Å². The number of rotatable bonds is 5. The lowest BCUT2D eigenvalue weighted by molar-refractivity contribution is 0.0569. The molecular weight excluding hydrogens is 440 g/mol. The number of ether oxygens (including phenoxy) is 1. The maximum atomic E-state index is 13.5. The van der Waals surface area contributed by atoms with Gasteiger partial charge in [0.05, 0.1) is 29.8 Å².